The Kier molecular flexibility index (Phi) is 4.77. The molecule has 1 aromatic heterocycles. The van der Waals surface area contributed by atoms with Crippen molar-refractivity contribution < 1.29 is 19.1 Å². The van der Waals surface area contributed by atoms with Crippen LogP contribution in [0.25, 0.3) is 0 Å². The molecule has 1 aromatic carbocycles. The quantitative estimate of drug-likeness (QED) is 0.795. The number of pyridine rings is 1. The highest BCUT2D eigenvalue weighted by Gasteiger charge is 2.25. The number of anilines is 1. The number of hydrogen-bond donors (Lipinski definition) is 0. The molecule has 28 heavy (non-hydrogen) atoms. The summed E-state index contributed by atoms with van der Waals surface area (Å²) in [6, 6.07) is 9.28. The molecule has 4 rings (SSSR count). The molecule has 2 amide bonds. The molecule has 3 heterocycles. The summed E-state index contributed by atoms with van der Waals surface area (Å²) in [6.45, 7) is 2.32. The number of piperazine rings is 1. The number of carbonyl (C=O) groups excluding carboxylic acids is 2. The number of nitrogens with zero attached hydrogens (tertiary/aromatic N) is 4. The van der Waals surface area contributed by atoms with E-state index in [1.54, 1.807) is 32.4 Å². The van der Waals surface area contributed by atoms with Crippen molar-refractivity contribution in [2.75, 3.05) is 45.4 Å². The van der Waals surface area contributed by atoms with Gasteiger partial charge in [0, 0.05) is 39.9 Å². The minimum atomic E-state index is -0.0938. The second-order valence-corrected chi connectivity index (χ2v) is 7.03. The zero-order valence-corrected chi connectivity index (χ0v) is 15.9. The second kappa shape index (κ2) is 7.38. The summed E-state index contributed by atoms with van der Waals surface area (Å²) in [6.07, 6.45) is 1.56. The molecule has 1 saturated heterocycles. The first-order chi connectivity index (χ1) is 13.5. The molecule has 0 atom stereocenters. The van der Waals surface area contributed by atoms with E-state index in [1.807, 2.05) is 28.0 Å². The van der Waals surface area contributed by atoms with Crippen LogP contribution in [-0.4, -0.2) is 67.1 Å². The largest absolute Gasteiger partial charge is 0.454 e. The number of carbonyl (C=O) groups is 2. The Balaban J connectivity index is 1.38. The molecule has 2 aromatic rings. The van der Waals surface area contributed by atoms with Gasteiger partial charge in [-0.05, 0) is 29.8 Å². The van der Waals surface area contributed by atoms with Crippen LogP contribution >= 0.6 is 0 Å². The molecule has 0 radical (unpaired) electrons. The number of ether oxygens (including phenoxy) is 2. The molecule has 0 bridgehead atoms. The van der Waals surface area contributed by atoms with E-state index in [9.17, 15) is 9.59 Å². The number of aromatic nitrogens is 1. The Morgan fingerprint density at radius 1 is 1.14 bits per heavy atom. The third kappa shape index (κ3) is 3.58. The topological polar surface area (TPSA) is 75.2 Å². The molecule has 0 unspecified atom stereocenters. The Morgan fingerprint density at radius 2 is 1.96 bits per heavy atom. The first-order valence-electron chi connectivity index (χ1n) is 9.10. The van der Waals surface area contributed by atoms with Gasteiger partial charge in [0.15, 0.2) is 11.5 Å². The smallest absolute Gasteiger partial charge is 0.254 e. The van der Waals surface area contributed by atoms with Crippen molar-refractivity contribution in [1.29, 1.82) is 0 Å². The van der Waals surface area contributed by atoms with Crippen molar-refractivity contribution >= 4 is 17.6 Å². The van der Waals surface area contributed by atoms with E-state index in [4.69, 9.17) is 9.47 Å². The Bertz CT molecular complexity index is 898. The summed E-state index contributed by atoms with van der Waals surface area (Å²) in [5.74, 6) is 2.11. The van der Waals surface area contributed by atoms with Crippen molar-refractivity contribution in [3.63, 3.8) is 0 Å². The van der Waals surface area contributed by atoms with Crippen LogP contribution in [0, 0.1) is 0 Å². The average Bonchev–Trinajstić information content (AvgIpc) is 3.17. The molecule has 0 spiro atoms. The van der Waals surface area contributed by atoms with Crippen molar-refractivity contribution in [3.8, 4) is 11.5 Å². The summed E-state index contributed by atoms with van der Waals surface area (Å²) >= 11 is 0. The van der Waals surface area contributed by atoms with Crippen LogP contribution in [0.4, 0.5) is 5.82 Å². The monoisotopic (exact) mass is 382 g/mol. The van der Waals surface area contributed by atoms with Crippen LogP contribution in [-0.2, 0) is 11.3 Å². The average molecular weight is 382 g/mol. The van der Waals surface area contributed by atoms with Gasteiger partial charge in [-0.1, -0.05) is 6.07 Å². The fourth-order valence-electron chi connectivity index (χ4n) is 3.29. The van der Waals surface area contributed by atoms with Gasteiger partial charge in [0.2, 0.25) is 12.7 Å². The Labute approximate surface area is 163 Å². The number of amides is 2. The first kappa shape index (κ1) is 18.1. The van der Waals surface area contributed by atoms with Crippen LogP contribution < -0.4 is 14.4 Å². The molecule has 0 saturated carbocycles. The molecule has 2 aliphatic heterocycles. The van der Waals surface area contributed by atoms with Gasteiger partial charge in [0.25, 0.3) is 5.91 Å². The SMILES string of the molecule is CN(C)C(=O)c1ccc(N2CCN(Cc3ccc4c(c3)OCO4)C(=O)C2)nc1. The standard InChI is InChI=1S/C20H22N4O4/c1-22(2)20(26)15-4-6-18(21-10-15)23-7-8-24(19(25)12-23)11-14-3-5-16-17(9-14)28-13-27-16/h3-6,9-10H,7-8,11-13H2,1-2H3. The Hall–Kier alpha value is -3.29. The summed E-state index contributed by atoms with van der Waals surface area (Å²) in [4.78, 5) is 34.2. The summed E-state index contributed by atoms with van der Waals surface area (Å²) in [5, 5.41) is 0. The summed E-state index contributed by atoms with van der Waals surface area (Å²) in [5.41, 5.74) is 1.54. The second-order valence-electron chi connectivity index (χ2n) is 7.03. The van der Waals surface area contributed by atoms with Gasteiger partial charge in [-0.3, -0.25) is 9.59 Å². The van der Waals surface area contributed by atoms with Crippen molar-refractivity contribution in [3.05, 3.63) is 47.7 Å². The fraction of sp³-hybridized carbons (Fsp3) is 0.350. The Morgan fingerprint density at radius 3 is 2.68 bits per heavy atom. The van der Waals surface area contributed by atoms with Gasteiger partial charge in [-0.15, -0.1) is 0 Å². The van der Waals surface area contributed by atoms with Crippen LogP contribution in [0.2, 0.25) is 0 Å². The zero-order chi connectivity index (χ0) is 19.7. The number of benzene rings is 1. The molecule has 2 aliphatic rings. The van der Waals surface area contributed by atoms with Gasteiger partial charge < -0.3 is 24.2 Å². The van der Waals surface area contributed by atoms with E-state index in [0.29, 0.717) is 31.0 Å². The molecular formula is C20H22N4O4. The van der Waals surface area contributed by atoms with Crippen molar-refractivity contribution in [2.24, 2.45) is 0 Å². The van der Waals surface area contributed by atoms with Crippen LogP contribution in [0.3, 0.4) is 0 Å². The maximum atomic E-state index is 12.6. The highest BCUT2D eigenvalue weighted by atomic mass is 16.7. The lowest BCUT2D eigenvalue weighted by molar-refractivity contribution is -0.131. The number of hydrogen-bond acceptors (Lipinski definition) is 6. The van der Waals surface area contributed by atoms with Gasteiger partial charge in [0.1, 0.15) is 5.82 Å². The minimum Gasteiger partial charge on any atom is -0.454 e. The van der Waals surface area contributed by atoms with Gasteiger partial charge in [-0.25, -0.2) is 4.98 Å². The molecular weight excluding hydrogens is 360 g/mol. The lowest BCUT2D eigenvalue weighted by atomic mass is 10.1. The third-order valence-corrected chi connectivity index (χ3v) is 4.85. The summed E-state index contributed by atoms with van der Waals surface area (Å²) in [7, 11) is 3.41. The highest BCUT2D eigenvalue weighted by molar-refractivity contribution is 5.93. The van der Waals surface area contributed by atoms with E-state index >= 15 is 0 Å². The van der Waals surface area contributed by atoms with E-state index in [-0.39, 0.29) is 25.2 Å². The van der Waals surface area contributed by atoms with E-state index < -0.39 is 0 Å². The van der Waals surface area contributed by atoms with E-state index in [0.717, 1.165) is 17.1 Å². The van der Waals surface area contributed by atoms with E-state index in [2.05, 4.69) is 4.98 Å². The fourth-order valence-corrected chi connectivity index (χ4v) is 3.29. The first-order valence-corrected chi connectivity index (χ1v) is 9.10. The van der Waals surface area contributed by atoms with Crippen LogP contribution in [0.1, 0.15) is 15.9 Å². The maximum absolute atomic E-state index is 12.6. The normalized spacial score (nSPS) is 15.7. The van der Waals surface area contributed by atoms with Crippen LogP contribution in [0.5, 0.6) is 11.5 Å². The lowest BCUT2D eigenvalue weighted by Gasteiger charge is -2.35. The van der Waals surface area contributed by atoms with Crippen LogP contribution in [0.15, 0.2) is 36.5 Å². The predicted octanol–water partition coefficient (Wildman–Crippen LogP) is 1.36. The molecule has 8 heteroatoms. The third-order valence-electron chi connectivity index (χ3n) is 4.85. The molecule has 0 aliphatic carbocycles. The molecule has 1 fully saturated rings. The van der Waals surface area contributed by atoms with Gasteiger partial charge >= 0.3 is 0 Å². The van der Waals surface area contributed by atoms with E-state index in [1.165, 1.54) is 4.90 Å². The van der Waals surface area contributed by atoms with Gasteiger partial charge in [0.05, 0.1) is 12.1 Å². The maximum Gasteiger partial charge on any atom is 0.254 e. The number of rotatable bonds is 4. The zero-order valence-electron chi connectivity index (χ0n) is 15.9. The van der Waals surface area contributed by atoms with Crippen molar-refractivity contribution in [2.45, 2.75) is 6.54 Å². The molecule has 0 N–H and O–H groups in total. The van der Waals surface area contributed by atoms with Gasteiger partial charge in [-0.2, -0.15) is 0 Å². The predicted molar refractivity (Wildman–Crippen MR) is 102 cm³/mol. The highest BCUT2D eigenvalue weighted by Crippen LogP contribution is 2.33. The molecule has 146 valence electrons. The summed E-state index contributed by atoms with van der Waals surface area (Å²) < 4.78 is 10.7. The number of fused-ring (bicyclic) bond motifs is 1. The lowest BCUT2D eigenvalue weighted by Crippen LogP contribution is -2.50. The molecule has 8 nitrogen and oxygen atoms in total. The minimum absolute atomic E-state index is 0.0409. The van der Waals surface area contributed by atoms with Crippen molar-refractivity contribution in [1.82, 2.24) is 14.8 Å².